The third-order valence-electron chi connectivity index (χ3n) is 4.37. The molecule has 3 unspecified atom stereocenters. The number of alkyl halides is 2. The van der Waals surface area contributed by atoms with Crippen molar-refractivity contribution >= 4 is 0 Å². The quantitative estimate of drug-likeness (QED) is 0.818. The van der Waals surface area contributed by atoms with Crippen molar-refractivity contribution in [3.05, 3.63) is 71.8 Å². The Labute approximate surface area is 151 Å². The van der Waals surface area contributed by atoms with Crippen LogP contribution in [0.15, 0.2) is 60.7 Å². The maximum atomic E-state index is 14.6. The van der Waals surface area contributed by atoms with Gasteiger partial charge in [0.05, 0.1) is 13.2 Å². The molecule has 0 aliphatic carbocycles. The molecule has 0 radical (unpaired) electrons. The van der Waals surface area contributed by atoms with Crippen LogP contribution in [0.1, 0.15) is 17.5 Å². The molecule has 0 saturated carbocycles. The monoisotopic (exact) mass is 363 g/mol. The van der Waals surface area contributed by atoms with Gasteiger partial charge in [-0.3, -0.25) is 0 Å². The van der Waals surface area contributed by atoms with Gasteiger partial charge in [-0.25, -0.2) is 8.78 Å². The zero-order chi connectivity index (χ0) is 18.4. The molecule has 0 aromatic heterocycles. The number of hydrogen-bond donors (Lipinski definition) is 1. The first kappa shape index (κ1) is 18.9. The summed E-state index contributed by atoms with van der Waals surface area (Å²) in [4.78, 5) is 0. The lowest BCUT2D eigenvalue weighted by molar-refractivity contribution is -0.310. The largest absolute Gasteiger partial charge is 0.367 e. The number of halogens is 2. The Morgan fingerprint density at radius 1 is 0.923 bits per heavy atom. The van der Waals surface area contributed by atoms with E-state index in [1.165, 1.54) is 0 Å². The highest BCUT2D eigenvalue weighted by Gasteiger charge is 2.53. The van der Waals surface area contributed by atoms with Crippen LogP contribution in [0.3, 0.4) is 0 Å². The van der Waals surface area contributed by atoms with Gasteiger partial charge >= 0.3 is 5.92 Å². The van der Waals surface area contributed by atoms with Gasteiger partial charge in [0.2, 0.25) is 0 Å². The second-order valence-corrected chi connectivity index (χ2v) is 6.28. The van der Waals surface area contributed by atoms with Crippen molar-refractivity contribution in [1.29, 1.82) is 0 Å². The van der Waals surface area contributed by atoms with Crippen molar-refractivity contribution in [3.8, 4) is 0 Å². The van der Waals surface area contributed by atoms with Crippen LogP contribution >= 0.6 is 0 Å². The SMILES string of the molecule is NCC1OC(OCc2ccccc2)CC(OCc2ccccc2)C1(F)F. The van der Waals surface area contributed by atoms with Crippen molar-refractivity contribution in [2.45, 2.75) is 44.1 Å². The van der Waals surface area contributed by atoms with Crippen LogP contribution in [0.4, 0.5) is 8.78 Å². The van der Waals surface area contributed by atoms with E-state index in [2.05, 4.69) is 0 Å². The molecule has 0 spiro atoms. The Bertz CT molecular complexity index is 669. The highest BCUT2D eigenvalue weighted by atomic mass is 19.3. The molecular formula is C20H23F2NO3. The van der Waals surface area contributed by atoms with Gasteiger partial charge in [-0.05, 0) is 11.1 Å². The Hall–Kier alpha value is -1.86. The Morgan fingerprint density at radius 3 is 2.00 bits per heavy atom. The maximum absolute atomic E-state index is 14.6. The summed E-state index contributed by atoms with van der Waals surface area (Å²) in [6.07, 6.45) is -3.59. The van der Waals surface area contributed by atoms with E-state index in [-0.39, 0.29) is 26.2 Å². The van der Waals surface area contributed by atoms with Crippen molar-refractivity contribution in [2.24, 2.45) is 5.73 Å². The third-order valence-corrected chi connectivity index (χ3v) is 4.37. The summed E-state index contributed by atoms with van der Waals surface area (Å²) in [6.45, 7) is 0.0764. The van der Waals surface area contributed by atoms with E-state index in [0.29, 0.717) is 0 Å². The minimum Gasteiger partial charge on any atom is -0.367 e. The molecule has 0 bridgehead atoms. The molecule has 140 valence electrons. The summed E-state index contributed by atoms with van der Waals surface area (Å²) in [5, 5.41) is 0. The summed E-state index contributed by atoms with van der Waals surface area (Å²) in [6, 6.07) is 18.7. The van der Waals surface area contributed by atoms with Gasteiger partial charge < -0.3 is 19.9 Å². The lowest BCUT2D eigenvalue weighted by Crippen LogP contribution is -2.57. The molecule has 0 amide bonds. The molecule has 1 saturated heterocycles. The molecule has 4 nitrogen and oxygen atoms in total. The summed E-state index contributed by atoms with van der Waals surface area (Å²) >= 11 is 0. The molecule has 26 heavy (non-hydrogen) atoms. The van der Waals surface area contributed by atoms with E-state index in [0.717, 1.165) is 11.1 Å². The van der Waals surface area contributed by atoms with Crippen molar-refractivity contribution in [2.75, 3.05) is 6.54 Å². The van der Waals surface area contributed by atoms with E-state index in [4.69, 9.17) is 19.9 Å². The fourth-order valence-corrected chi connectivity index (χ4v) is 2.90. The van der Waals surface area contributed by atoms with E-state index < -0.39 is 24.4 Å². The maximum Gasteiger partial charge on any atom is 0.300 e. The molecule has 3 atom stereocenters. The highest BCUT2D eigenvalue weighted by molar-refractivity contribution is 5.14. The third kappa shape index (κ3) is 4.65. The van der Waals surface area contributed by atoms with Crippen molar-refractivity contribution in [1.82, 2.24) is 0 Å². The predicted molar refractivity (Wildman–Crippen MR) is 93.5 cm³/mol. The number of ether oxygens (including phenoxy) is 3. The van der Waals surface area contributed by atoms with Crippen LogP contribution < -0.4 is 5.73 Å². The molecule has 1 fully saturated rings. The smallest absolute Gasteiger partial charge is 0.300 e. The molecule has 1 aliphatic rings. The zero-order valence-electron chi connectivity index (χ0n) is 14.4. The summed E-state index contributed by atoms with van der Waals surface area (Å²) < 4.78 is 45.8. The summed E-state index contributed by atoms with van der Waals surface area (Å²) in [5.41, 5.74) is 7.28. The van der Waals surface area contributed by atoms with Gasteiger partial charge in [0, 0.05) is 13.0 Å². The summed E-state index contributed by atoms with van der Waals surface area (Å²) in [5.74, 6) is -3.17. The molecule has 2 aromatic rings. The Kier molecular flexibility index (Phi) is 6.32. The van der Waals surface area contributed by atoms with Crippen LogP contribution in [0, 0.1) is 0 Å². The normalized spacial score (nSPS) is 25.1. The van der Waals surface area contributed by atoms with Crippen LogP contribution in [-0.2, 0) is 27.4 Å². The van der Waals surface area contributed by atoms with Gasteiger partial charge in [0.15, 0.2) is 6.29 Å². The Balaban J connectivity index is 1.63. The number of nitrogens with two attached hydrogens (primary N) is 1. The molecule has 3 rings (SSSR count). The van der Waals surface area contributed by atoms with Crippen molar-refractivity contribution < 1.29 is 23.0 Å². The van der Waals surface area contributed by atoms with Crippen LogP contribution in [0.5, 0.6) is 0 Å². The van der Waals surface area contributed by atoms with E-state index in [1.807, 2.05) is 60.7 Å². The lowest BCUT2D eigenvalue weighted by atomic mass is 9.99. The molecule has 6 heteroatoms. The topological polar surface area (TPSA) is 53.7 Å². The number of benzene rings is 2. The van der Waals surface area contributed by atoms with Gasteiger partial charge in [0.1, 0.15) is 12.2 Å². The van der Waals surface area contributed by atoms with Gasteiger partial charge in [0.25, 0.3) is 0 Å². The van der Waals surface area contributed by atoms with Crippen LogP contribution in [0.2, 0.25) is 0 Å². The highest BCUT2D eigenvalue weighted by Crippen LogP contribution is 2.37. The fraction of sp³-hybridized carbons (Fsp3) is 0.400. The zero-order valence-corrected chi connectivity index (χ0v) is 14.4. The number of hydrogen-bond acceptors (Lipinski definition) is 4. The Morgan fingerprint density at radius 2 is 1.46 bits per heavy atom. The molecular weight excluding hydrogens is 340 g/mol. The molecule has 1 heterocycles. The van der Waals surface area contributed by atoms with Crippen LogP contribution in [-0.4, -0.2) is 31.0 Å². The molecule has 2 N–H and O–H groups in total. The minimum absolute atomic E-state index is 0.0524. The minimum atomic E-state index is -3.17. The van der Waals surface area contributed by atoms with E-state index >= 15 is 0 Å². The van der Waals surface area contributed by atoms with Crippen molar-refractivity contribution in [3.63, 3.8) is 0 Å². The first-order chi connectivity index (χ1) is 12.6. The van der Waals surface area contributed by atoms with Gasteiger partial charge in [-0.1, -0.05) is 60.7 Å². The molecule has 1 aliphatic heterocycles. The fourth-order valence-electron chi connectivity index (χ4n) is 2.90. The summed E-state index contributed by atoms with van der Waals surface area (Å²) in [7, 11) is 0. The average molecular weight is 363 g/mol. The first-order valence-electron chi connectivity index (χ1n) is 8.64. The first-order valence-corrected chi connectivity index (χ1v) is 8.64. The molecule has 2 aromatic carbocycles. The van der Waals surface area contributed by atoms with E-state index in [9.17, 15) is 8.78 Å². The second-order valence-electron chi connectivity index (χ2n) is 6.28. The number of rotatable bonds is 7. The second kappa shape index (κ2) is 8.68. The average Bonchev–Trinajstić information content (AvgIpc) is 2.67. The lowest BCUT2D eigenvalue weighted by Gasteiger charge is -2.40. The van der Waals surface area contributed by atoms with E-state index in [1.54, 1.807) is 0 Å². The standard InChI is InChI=1S/C20H23F2NO3/c21-20(22)17(24-13-15-7-3-1-4-8-15)11-19(26-18(20)12-23)25-14-16-9-5-2-6-10-16/h1-10,17-19H,11-14,23H2. The predicted octanol–water partition coefficient (Wildman–Crippen LogP) is 3.50. The van der Waals surface area contributed by atoms with Crippen LogP contribution in [0.25, 0.3) is 0 Å². The van der Waals surface area contributed by atoms with Gasteiger partial charge in [-0.15, -0.1) is 0 Å². The van der Waals surface area contributed by atoms with Gasteiger partial charge in [-0.2, -0.15) is 0 Å².